The van der Waals surface area contributed by atoms with Crippen molar-refractivity contribution < 1.29 is 22.7 Å². The number of esters is 1. The van der Waals surface area contributed by atoms with Gasteiger partial charge in [0.05, 0.1) is 4.90 Å². The first-order valence-corrected chi connectivity index (χ1v) is 10.8. The first kappa shape index (κ1) is 21.4. The van der Waals surface area contributed by atoms with Crippen molar-refractivity contribution in [3.05, 3.63) is 29.8 Å². The van der Waals surface area contributed by atoms with E-state index in [1.54, 1.807) is 31.2 Å². The number of amides is 1. The van der Waals surface area contributed by atoms with Crippen LogP contribution in [0.25, 0.3) is 0 Å². The first-order valence-electron chi connectivity index (χ1n) is 9.41. The van der Waals surface area contributed by atoms with Crippen molar-refractivity contribution in [2.45, 2.75) is 57.0 Å². The molecular formula is C19H28N2O5S. The molecule has 0 aliphatic carbocycles. The lowest BCUT2D eigenvalue weighted by atomic mass is 10.1. The number of hydrogen-bond donors (Lipinski definition) is 1. The Morgan fingerprint density at radius 3 is 2.37 bits per heavy atom. The number of rotatable bonds is 8. The molecule has 7 nitrogen and oxygen atoms in total. The van der Waals surface area contributed by atoms with E-state index in [4.69, 9.17) is 4.74 Å². The monoisotopic (exact) mass is 396 g/mol. The summed E-state index contributed by atoms with van der Waals surface area (Å²) in [6, 6.07) is 6.61. The number of nitrogens with one attached hydrogen (secondary N) is 1. The van der Waals surface area contributed by atoms with Crippen LogP contribution in [0.2, 0.25) is 0 Å². The fraction of sp³-hybridized carbons (Fsp3) is 0.579. The van der Waals surface area contributed by atoms with E-state index in [-0.39, 0.29) is 17.2 Å². The Morgan fingerprint density at radius 1 is 1.15 bits per heavy atom. The minimum atomic E-state index is -3.44. The van der Waals surface area contributed by atoms with E-state index in [2.05, 4.69) is 5.32 Å². The minimum absolute atomic E-state index is 0.127. The summed E-state index contributed by atoms with van der Waals surface area (Å²) in [5.41, 5.74) is 0.843. The van der Waals surface area contributed by atoms with Gasteiger partial charge >= 0.3 is 5.97 Å². The van der Waals surface area contributed by atoms with Crippen molar-refractivity contribution in [3.8, 4) is 0 Å². The van der Waals surface area contributed by atoms with E-state index in [1.807, 2.05) is 0 Å². The Bertz CT molecular complexity index is 740. The van der Waals surface area contributed by atoms with Gasteiger partial charge in [-0.2, -0.15) is 4.31 Å². The molecule has 2 rings (SSSR count). The van der Waals surface area contributed by atoms with Gasteiger partial charge in [0.2, 0.25) is 10.0 Å². The quantitative estimate of drug-likeness (QED) is 0.677. The van der Waals surface area contributed by atoms with Gasteiger partial charge in [-0.1, -0.05) is 18.6 Å². The maximum Gasteiger partial charge on any atom is 0.306 e. The molecule has 27 heavy (non-hydrogen) atoms. The lowest BCUT2D eigenvalue weighted by Crippen LogP contribution is -2.35. The number of hydrogen-bond acceptors (Lipinski definition) is 5. The molecule has 1 atom stereocenters. The molecule has 0 radical (unpaired) electrons. The molecule has 1 heterocycles. The van der Waals surface area contributed by atoms with Crippen molar-refractivity contribution in [2.75, 3.05) is 19.6 Å². The number of benzene rings is 1. The fourth-order valence-electron chi connectivity index (χ4n) is 2.96. The molecule has 150 valence electrons. The van der Waals surface area contributed by atoms with Crippen LogP contribution in [0.5, 0.6) is 0 Å². The second kappa shape index (κ2) is 9.85. The molecule has 1 aliphatic rings. The van der Waals surface area contributed by atoms with Crippen molar-refractivity contribution in [1.82, 2.24) is 9.62 Å². The van der Waals surface area contributed by atoms with Gasteiger partial charge in [0.15, 0.2) is 6.10 Å². The molecule has 1 aliphatic heterocycles. The van der Waals surface area contributed by atoms with E-state index in [9.17, 15) is 18.0 Å². The molecule has 1 saturated heterocycles. The summed E-state index contributed by atoms with van der Waals surface area (Å²) in [7, 11) is -3.44. The van der Waals surface area contributed by atoms with E-state index < -0.39 is 22.1 Å². The zero-order valence-electron chi connectivity index (χ0n) is 15.9. The minimum Gasteiger partial charge on any atom is -0.453 e. The summed E-state index contributed by atoms with van der Waals surface area (Å²) in [5.74, 6) is -0.781. The van der Waals surface area contributed by atoms with Crippen molar-refractivity contribution in [3.63, 3.8) is 0 Å². The Hall–Kier alpha value is -1.93. The predicted molar refractivity (Wildman–Crippen MR) is 102 cm³/mol. The SMILES string of the molecule is CCNC(=O)[C@H](C)OC(=O)CCc1ccc(S(=O)(=O)N2CCCCC2)cc1. The maximum absolute atomic E-state index is 12.6. The molecule has 1 aromatic rings. The van der Waals surface area contributed by atoms with Gasteiger partial charge in [0.25, 0.3) is 5.91 Å². The number of ether oxygens (including phenoxy) is 1. The van der Waals surface area contributed by atoms with Crippen LogP contribution in [-0.4, -0.2) is 50.3 Å². The molecular weight excluding hydrogens is 368 g/mol. The van der Waals surface area contributed by atoms with Crippen molar-refractivity contribution >= 4 is 21.9 Å². The summed E-state index contributed by atoms with van der Waals surface area (Å²) < 4.78 is 31.9. The highest BCUT2D eigenvalue weighted by Crippen LogP contribution is 2.21. The molecule has 1 N–H and O–H groups in total. The summed E-state index contributed by atoms with van der Waals surface area (Å²) in [6.07, 6.45) is 2.59. The number of carbonyl (C=O) groups is 2. The highest BCUT2D eigenvalue weighted by molar-refractivity contribution is 7.89. The van der Waals surface area contributed by atoms with Crippen LogP contribution in [0.1, 0.15) is 45.1 Å². The second-order valence-corrected chi connectivity index (χ2v) is 8.57. The van der Waals surface area contributed by atoms with Crippen LogP contribution in [0, 0.1) is 0 Å². The van der Waals surface area contributed by atoms with E-state index >= 15 is 0 Å². The smallest absolute Gasteiger partial charge is 0.306 e. The molecule has 0 spiro atoms. The Kier molecular flexibility index (Phi) is 7.79. The largest absolute Gasteiger partial charge is 0.453 e. The van der Waals surface area contributed by atoms with Crippen LogP contribution in [0.15, 0.2) is 29.2 Å². The summed E-state index contributed by atoms with van der Waals surface area (Å²) in [6.45, 7) is 4.94. The van der Waals surface area contributed by atoms with E-state index in [1.165, 1.54) is 11.2 Å². The molecule has 0 aromatic heterocycles. The topological polar surface area (TPSA) is 92.8 Å². The Balaban J connectivity index is 1.88. The molecule has 0 unspecified atom stereocenters. The standard InChI is InChI=1S/C19H28N2O5S/c1-3-20-19(23)15(2)26-18(22)12-9-16-7-10-17(11-8-16)27(24,25)21-13-5-4-6-14-21/h7-8,10-11,15H,3-6,9,12-14H2,1-2H3,(H,20,23)/t15-/m0/s1. The molecule has 0 bridgehead atoms. The van der Waals surface area contributed by atoms with Gasteiger partial charge in [-0.3, -0.25) is 9.59 Å². The lowest BCUT2D eigenvalue weighted by molar-refractivity contribution is -0.154. The van der Waals surface area contributed by atoms with Gasteiger partial charge in [-0.15, -0.1) is 0 Å². The number of nitrogens with zero attached hydrogens (tertiary/aromatic N) is 1. The van der Waals surface area contributed by atoms with Gasteiger partial charge in [-0.05, 0) is 50.8 Å². The normalized spacial score (nSPS) is 16.5. The molecule has 1 fully saturated rings. The molecule has 1 amide bonds. The maximum atomic E-state index is 12.6. The Labute approximate surface area is 161 Å². The van der Waals surface area contributed by atoms with Gasteiger partial charge < -0.3 is 10.1 Å². The van der Waals surface area contributed by atoms with Gasteiger partial charge in [0, 0.05) is 26.1 Å². The van der Waals surface area contributed by atoms with E-state index in [0.717, 1.165) is 24.8 Å². The highest BCUT2D eigenvalue weighted by atomic mass is 32.2. The third-order valence-electron chi connectivity index (χ3n) is 4.52. The van der Waals surface area contributed by atoms with Crippen LogP contribution < -0.4 is 5.32 Å². The average molecular weight is 397 g/mol. The first-order chi connectivity index (χ1) is 12.8. The van der Waals surface area contributed by atoms with Crippen LogP contribution >= 0.6 is 0 Å². The van der Waals surface area contributed by atoms with E-state index in [0.29, 0.717) is 26.1 Å². The number of piperidine rings is 1. The molecule has 0 saturated carbocycles. The highest BCUT2D eigenvalue weighted by Gasteiger charge is 2.25. The van der Waals surface area contributed by atoms with Crippen LogP contribution in [0.4, 0.5) is 0 Å². The predicted octanol–water partition coefficient (Wildman–Crippen LogP) is 1.86. The van der Waals surface area contributed by atoms with Gasteiger partial charge in [-0.25, -0.2) is 8.42 Å². The van der Waals surface area contributed by atoms with Crippen molar-refractivity contribution in [1.29, 1.82) is 0 Å². The third kappa shape index (κ3) is 6.04. The summed E-state index contributed by atoms with van der Waals surface area (Å²) in [5, 5.41) is 2.59. The van der Waals surface area contributed by atoms with Crippen LogP contribution in [-0.2, 0) is 30.8 Å². The Morgan fingerprint density at radius 2 is 1.78 bits per heavy atom. The number of aryl methyl sites for hydroxylation is 1. The fourth-order valence-corrected chi connectivity index (χ4v) is 4.47. The van der Waals surface area contributed by atoms with Crippen LogP contribution in [0.3, 0.4) is 0 Å². The molecule has 1 aromatic carbocycles. The zero-order valence-corrected chi connectivity index (χ0v) is 16.8. The number of carbonyl (C=O) groups excluding carboxylic acids is 2. The lowest BCUT2D eigenvalue weighted by Gasteiger charge is -2.25. The average Bonchev–Trinajstić information content (AvgIpc) is 2.67. The number of sulfonamides is 1. The van der Waals surface area contributed by atoms with Crippen molar-refractivity contribution in [2.24, 2.45) is 0 Å². The molecule has 8 heteroatoms. The number of likely N-dealkylation sites (N-methyl/N-ethyl adjacent to an activating group) is 1. The second-order valence-electron chi connectivity index (χ2n) is 6.64. The zero-order chi connectivity index (χ0) is 19.9. The summed E-state index contributed by atoms with van der Waals surface area (Å²) in [4.78, 5) is 23.7. The summed E-state index contributed by atoms with van der Waals surface area (Å²) >= 11 is 0. The third-order valence-corrected chi connectivity index (χ3v) is 6.44. The van der Waals surface area contributed by atoms with Gasteiger partial charge in [0.1, 0.15) is 0 Å².